The number of carbonyl (C=O) groups excluding carboxylic acids is 1. The maximum atomic E-state index is 13.6. The number of aromatic amines is 1. The van der Waals surface area contributed by atoms with Crippen LogP contribution in [0.2, 0.25) is 0 Å². The zero-order chi connectivity index (χ0) is 23.8. The number of nitrogens with one attached hydrogen (secondary N) is 1. The average Bonchev–Trinajstić information content (AvgIpc) is 3.39. The number of aromatic nitrogens is 2. The molecule has 0 saturated carbocycles. The van der Waals surface area contributed by atoms with Crippen LogP contribution in [-0.2, 0) is 6.54 Å². The van der Waals surface area contributed by atoms with Crippen molar-refractivity contribution < 1.29 is 14.3 Å². The minimum absolute atomic E-state index is 0.0683. The summed E-state index contributed by atoms with van der Waals surface area (Å²) in [5, 5.41) is 7.59. The van der Waals surface area contributed by atoms with Crippen LogP contribution in [0.3, 0.4) is 0 Å². The van der Waals surface area contributed by atoms with E-state index in [-0.39, 0.29) is 11.9 Å². The fourth-order valence-electron chi connectivity index (χ4n) is 4.55. The molecule has 0 radical (unpaired) electrons. The Hall–Kier alpha value is -4.06. The number of aryl methyl sites for hydroxylation is 2. The molecule has 3 aromatic carbocycles. The number of hydrogen-bond acceptors (Lipinski definition) is 4. The van der Waals surface area contributed by atoms with Crippen LogP contribution >= 0.6 is 0 Å². The largest absolute Gasteiger partial charge is 0.493 e. The normalized spacial score (nSPS) is 14.9. The fourth-order valence-corrected chi connectivity index (χ4v) is 4.55. The van der Waals surface area contributed by atoms with Crippen molar-refractivity contribution in [2.75, 3.05) is 14.2 Å². The Kier molecular flexibility index (Phi) is 5.57. The van der Waals surface area contributed by atoms with Crippen LogP contribution in [0.1, 0.15) is 44.3 Å². The fraction of sp³-hybridized carbons (Fsp3) is 0.214. The summed E-state index contributed by atoms with van der Waals surface area (Å²) in [5.41, 5.74) is 7.53. The molecule has 0 aliphatic carbocycles. The third-order valence-electron chi connectivity index (χ3n) is 6.39. The Morgan fingerprint density at radius 3 is 2.18 bits per heavy atom. The molecule has 1 atom stereocenters. The van der Waals surface area contributed by atoms with Crippen LogP contribution in [0.25, 0.3) is 11.3 Å². The van der Waals surface area contributed by atoms with Crippen LogP contribution < -0.4 is 9.47 Å². The van der Waals surface area contributed by atoms with Gasteiger partial charge in [-0.05, 0) is 37.1 Å². The summed E-state index contributed by atoms with van der Waals surface area (Å²) in [4.78, 5) is 15.5. The summed E-state index contributed by atoms with van der Waals surface area (Å²) >= 11 is 0. The molecule has 34 heavy (non-hydrogen) atoms. The van der Waals surface area contributed by atoms with Gasteiger partial charge in [0, 0.05) is 17.7 Å². The lowest BCUT2D eigenvalue weighted by molar-refractivity contribution is 0.0730. The number of methoxy groups -OCH3 is 2. The van der Waals surface area contributed by atoms with Crippen molar-refractivity contribution >= 4 is 5.91 Å². The molecule has 172 valence electrons. The molecular weight excluding hydrogens is 426 g/mol. The smallest absolute Gasteiger partial charge is 0.273 e. The standard InChI is InChI=1S/C28H27N3O3/c1-17-5-9-19(10-6-17)16-31-27(21-13-14-22(33-3)23(15-21)34-4)24-25(29-30-26(24)28(31)32)20-11-7-18(2)8-12-20/h5-15,27H,16H2,1-4H3,(H,29,30). The predicted octanol–water partition coefficient (Wildman–Crippen LogP) is 5.46. The van der Waals surface area contributed by atoms with Crippen molar-refractivity contribution in [2.45, 2.75) is 26.4 Å². The molecule has 0 saturated heterocycles. The van der Waals surface area contributed by atoms with Crippen molar-refractivity contribution in [3.8, 4) is 22.8 Å². The van der Waals surface area contributed by atoms with E-state index in [0.29, 0.717) is 23.7 Å². The Morgan fingerprint density at radius 1 is 0.882 bits per heavy atom. The van der Waals surface area contributed by atoms with E-state index in [2.05, 4.69) is 60.4 Å². The summed E-state index contributed by atoms with van der Waals surface area (Å²) in [6.45, 7) is 4.59. The molecule has 1 aliphatic rings. The molecule has 6 nitrogen and oxygen atoms in total. The monoisotopic (exact) mass is 453 g/mol. The van der Waals surface area contributed by atoms with Crippen molar-refractivity contribution in [1.82, 2.24) is 15.1 Å². The van der Waals surface area contributed by atoms with Crippen LogP contribution in [0.15, 0.2) is 66.7 Å². The van der Waals surface area contributed by atoms with Gasteiger partial charge < -0.3 is 14.4 Å². The number of nitrogens with zero attached hydrogens (tertiary/aromatic N) is 2. The molecular formula is C28H27N3O3. The highest BCUT2D eigenvalue weighted by Crippen LogP contribution is 2.45. The third kappa shape index (κ3) is 3.71. The SMILES string of the molecule is COc1ccc(C2c3c(-c4ccc(C)cc4)n[nH]c3C(=O)N2Cc2ccc(C)cc2)cc1OC. The second kappa shape index (κ2) is 8.71. The van der Waals surface area contributed by atoms with E-state index in [1.165, 1.54) is 11.1 Å². The van der Waals surface area contributed by atoms with Crippen molar-refractivity contribution in [3.05, 3.63) is 100 Å². The van der Waals surface area contributed by atoms with E-state index in [4.69, 9.17) is 9.47 Å². The maximum absolute atomic E-state index is 13.6. The zero-order valence-corrected chi connectivity index (χ0v) is 19.8. The molecule has 0 spiro atoms. The van der Waals surface area contributed by atoms with Crippen molar-refractivity contribution in [2.24, 2.45) is 0 Å². The Bertz CT molecular complexity index is 1340. The van der Waals surface area contributed by atoms with Gasteiger partial charge in [-0.25, -0.2) is 0 Å². The lowest BCUT2D eigenvalue weighted by Gasteiger charge is -2.27. The Labute approximate surface area is 199 Å². The lowest BCUT2D eigenvalue weighted by Crippen LogP contribution is -2.29. The summed E-state index contributed by atoms with van der Waals surface area (Å²) in [6, 6.07) is 22.0. The quantitative estimate of drug-likeness (QED) is 0.421. The van der Waals surface area contributed by atoms with E-state index in [1.54, 1.807) is 14.2 Å². The maximum Gasteiger partial charge on any atom is 0.273 e. The van der Waals surface area contributed by atoms with Gasteiger partial charge in [0.1, 0.15) is 5.69 Å². The summed E-state index contributed by atoms with van der Waals surface area (Å²) < 4.78 is 11.0. The third-order valence-corrected chi connectivity index (χ3v) is 6.39. The number of H-pyrrole nitrogens is 1. The number of fused-ring (bicyclic) bond motifs is 1. The summed E-state index contributed by atoms with van der Waals surface area (Å²) in [6.07, 6.45) is 0. The van der Waals surface area contributed by atoms with Gasteiger partial charge in [0.05, 0.1) is 26.0 Å². The molecule has 0 bridgehead atoms. The van der Waals surface area contributed by atoms with E-state index in [9.17, 15) is 4.79 Å². The first kappa shape index (κ1) is 21.8. The Balaban J connectivity index is 1.65. The molecule has 4 aromatic rings. The molecule has 6 heteroatoms. The minimum atomic E-state index is -0.321. The van der Waals surface area contributed by atoms with Gasteiger partial charge in [-0.15, -0.1) is 0 Å². The van der Waals surface area contributed by atoms with Gasteiger partial charge in [-0.2, -0.15) is 5.10 Å². The number of amides is 1. The van der Waals surface area contributed by atoms with Crippen LogP contribution in [0.4, 0.5) is 0 Å². The van der Waals surface area contributed by atoms with Crippen LogP contribution in [0, 0.1) is 13.8 Å². The van der Waals surface area contributed by atoms with Crippen LogP contribution in [-0.4, -0.2) is 35.2 Å². The summed E-state index contributed by atoms with van der Waals surface area (Å²) in [7, 11) is 3.23. The molecule has 0 fully saturated rings. The minimum Gasteiger partial charge on any atom is -0.493 e. The molecule has 1 amide bonds. The number of benzene rings is 3. The van der Waals surface area contributed by atoms with Gasteiger partial charge in [0.2, 0.25) is 0 Å². The number of hydrogen-bond donors (Lipinski definition) is 1. The molecule has 1 aromatic heterocycles. The van der Waals surface area contributed by atoms with E-state index in [0.717, 1.165) is 27.9 Å². The van der Waals surface area contributed by atoms with Crippen molar-refractivity contribution in [1.29, 1.82) is 0 Å². The number of rotatable bonds is 6. The highest BCUT2D eigenvalue weighted by molar-refractivity contribution is 6.00. The second-order valence-electron chi connectivity index (χ2n) is 8.66. The van der Waals surface area contributed by atoms with Gasteiger partial charge in [-0.3, -0.25) is 9.89 Å². The average molecular weight is 454 g/mol. The topological polar surface area (TPSA) is 67.5 Å². The van der Waals surface area contributed by atoms with E-state index >= 15 is 0 Å². The molecule has 1 N–H and O–H groups in total. The second-order valence-corrected chi connectivity index (χ2v) is 8.66. The lowest BCUT2D eigenvalue weighted by atomic mass is 9.95. The Morgan fingerprint density at radius 2 is 1.53 bits per heavy atom. The molecule has 2 heterocycles. The van der Waals surface area contributed by atoms with E-state index < -0.39 is 0 Å². The first-order valence-corrected chi connectivity index (χ1v) is 11.2. The van der Waals surface area contributed by atoms with Gasteiger partial charge >= 0.3 is 0 Å². The van der Waals surface area contributed by atoms with Gasteiger partial charge in [0.25, 0.3) is 5.91 Å². The molecule has 1 unspecified atom stereocenters. The first-order chi connectivity index (χ1) is 16.5. The van der Waals surface area contributed by atoms with E-state index in [1.807, 2.05) is 35.2 Å². The molecule has 1 aliphatic heterocycles. The highest BCUT2D eigenvalue weighted by atomic mass is 16.5. The molecule has 5 rings (SSSR count). The van der Waals surface area contributed by atoms with Gasteiger partial charge in [-0.1, -0.05) is 65.7 Å². The summed E-state index contributed by atoms with van der Waals surface area (Å²) in [5.74, 6) is 1.20. The van der Waals surface area contributed by atoms with Gasteiger partial charge in [0.15, 0.2) is 11.5 Å². The first-order valence-electron chi connectivity index (χ1n) is 11.2. The number of ether oxygens (including phenoxy) is 2. The van der Waals surface area contributed by atoms with Crippen molar-refractivity contribution in [3.63, 3.8) is 0 Å². The van der Waals surface area contributed by atoms with Crippen LogP contribution in [0.5, 0.6) is 11.5 Å². The predicted molar refractivity (Wildman–Crippen MR) is 131 cm³/mol. The number of carbonyl (C=O) groups is 1. The zero-order valence-electron chi connectivity index (χ0n) is 19.8. The highest BCUT2D eigenvalue weighted by Gasteiger charge is 2.42.